The first-order chi connectivity index (χ1) is 12.3. The lowest BCUT2D eigenvalue weighted by molar-refractivity contribution is 0.0201. The first-order valence-electron chi connectivity index (χ1n) is 9.06. The molecule has 0 saturated heterocycles. The molecule has 1 heterocycles. The number of hydrogen-bond acceptors (Lipinski definition) is 4. The fourth-order valence-electron chi connectivity index (χ4n) is 3.32. The van der Waals surface area contributed by atoms with Crippen LogP contribution in [0.15, 0.2) is 17.1 Å². The summed E-state index contributed by atoms with van der Waals surface area (Å²) < 4.78 is 16.5. The Labute approximate surface area is 180 Å². The van der Waals surface area contributed by atoms with E-state index in [0.29, 0.717) is 0 Å². The Hall–Kier alpha value is -1.22. The van der Waals surface area contributed by atoms with Crippen LogP contribution in [-0.2, 0) is 17.7 Å². The van der Waals surface area contributed by atoms with Crippen molar-refractivity contribution in [3.8, 4) is 11.5 Å². The first kappa shape index (κ1) is 23.8. The zero-order valence-electron chi connectivity index (χ0n) is 17.6. The Morgan fingerprint density at radius 2 is 1.74 bits per heavy atom. The van der Waals surface area contributed by atoms with Gasteiger partial charge in [0.15, 0.2) is 17.5 Å². The number of fused-ring (bicyclic) bond motifs is 1. The maximum Gasteiger partial charge on any atom is 0.194 e. The number of nitrogens with one attached hydrogen (secondary N) is 1. The fourth-order valence-corrected chi connectivity index (χ4v) is 3.32. The Kier molecular flexibility index (Phi) is 9.14. The number of nitrogens with zero attached hydrogens (tertiary/aromatic N) is 2. The van der Waals surface area contributed by atoms with Crippen LogP contribution in [0, 0.1) is 5.41 Å². The molecule has 27 heavy (non-hydrogen) atoms. The quantitative estimate of drug-likeness (QED) is 0.389. The molecule has 154 valence electrons. The van der Waals surface area contributed by atoms with Gasteiger partial charge in [-0.1, -0.05) is 20.8 Å². The van der Waals surface area contributed by atoms with Crippen LogP contribution >= 0.6 is 24.0 Å². The molecular formula is C20H34IN3O3. The molecule has 1 aromatic rings. The monoisotopic (exact) mass is 491 g/mol. The van der Waals surface area contributed by atoms with Crippen LogP contribution in [0.5, 0.6) is 11.5 Å². The Morgan fingerprint density at radius 3 is 2.22 bits per heavy atom. The number of methoxy groups -OCH3 is 3. The molecule has 0 saturated carbocycles. The maximum absolute atomic E-state index is 5.64. The van der Waals surface area contributed by atoms with E-state index in [2.05, 4.69) is 48.1 Å². The smallest absolute Gasteiger partial charge is 0.194 e. The average Bonchev–Trinajstić information content (AvgIpc) is 2.62. The second kappa shape index (κ2) is 10.4. The summed E-state index contributed by atoms with van der Waals surface area (Å²) in [5.41, 5.74) is 2.62. The van der Waals surface area contributed by atoms with Crippen molar-refractivity contribution in [1.29, 1.82) is 0 Å². The molecule has 0 bridgehead atoms. The highest BCUT2D eigenvalue weighted by molar-refractivity contribution is 14.0. The van der Waals surface area contributed by atoms with Crippen molar-refractivity contribution in [1.82, 2.24) is 10.2 Å². The molecule has 1 atom stereocenters. The summed E-state index contributed by atoms with van der Waals surface area (Å²) in [4.78, 5) is 6.74. The average molecular weight is 491 g/mol. The number of aliphatic imine (C=N–C) groups is 1. The third-order valence-electron chi connectivity index (χ3n) is 4.93. The lowest BCUT2D eigenvalue weighted by Crippen LogP contribution is -2.48. The van der Waals surface area contributed by atoms with Crippen molar-refractivity contribution in [2.75, 3.05) is 41.5 Å². The molecule has 2 rings (SSSR count). The molecule has 0 amide bonds. The summed E-state index contributed by atoms with van der Waals surface area (Å²) in [6.45, 7) is 8.98. The zero-order valence-corrected chi connectivity index (χ0v) is 19.9. The van der Waals surface area contributed by atoms with Gasteiger partial charge in [-0.05, 0) is 35.1 Å². The second-order valence-corrected chi connectivity index (χ2v) is 7.67. The van der Waals surface area contributed by atoms with Crippen LogP contribution in [-0.4, -0.2) is 58.4 Å². The van der Waals surface area contributed by atoms with Gasteiger partial charge in [0.2, 0.25) is 0 Å². The minimum absolute atomic E-state index is 0. The van der Waals surface area contributed by atoms with Gasteiger partial charge in [-0.25, -0.2) is 0 Å². The molecule has 1 N–H and O–H groups in total. The minimum Gasteiger partial charge on any atom is -0.493 e. The van der Waals surface area contributed by atoms with Gasteiger partial charge in [-0.3, -0.25) is 4.99 Å². The van der Waals surface area contributed by atoms with Gasteiger partial charge in [-0.15, -0.1) is 24.0 Å². The van der Waals surface area contributed by atoms with E-state index in [9.17, 15) is 0 Å². The molecule has 1 aliphatic rings. The highest BCUT2D eigenvalue weighted by Crippen LogP contribution is 2.33. The number of rotatable bonds is 5. The summed E-state index contributed by atoms with van der Waals surface area (Å²) >= 11 is 0. The van der Waals surface area contributed by atoms with Crippen molar-refractivity contribution in [2.45, 2.75) is 39.8 Å². The zero-order chi connectivity index (χ0) is 19.3. The standard InChI is InChI=1S/C20H33N3O3.HI/c1-20(2,3)18(26-7)12-22-19(21-4)23-9-8-14-10-16(24-5)17(25-6)11-15(14)13-23;/h10-11,18H,8-9,12-13H2,1-7H3,(H,21,22);1H. The summed E-state index contributed by atoms with van der Waals surface area (Å²) in [5, 5.41) is 3.47. The van der Waals surface area contributed by atoms with E-state index in [1.165, 1.54) is 11.1 Å². The van der Waals surface area contributed by atoms with E-state index in [1.807, 2.05) is 7.05 Å². The predicted octanol–water partition coefficient (Wildman–Crippen LogP) is 3.32. The fraction of sp³-hybridized carbons (Fsp3) is 0.650. The van der Waals surface area contributed by atoms with Crippen LogP contribution in [0.3, 0.4) is 0 Å². The predicted molar refractivity (Wildman–Crippen MR) is 121 cm³/mol. The molecule has 0 spiro atoms. The third-order valence-corrected chi connectivity index (χ3v) is 4.93. The van der Waals surface area contributed by atoms with Crippen molar-refractivity contribution in [3.63, 3.8) is 0 Å². The van der Waals surface area contributed by atoms with E-state index in [0.717, 1.165) is 43.5 Å². The molecular weight excluding hydrogens is 457 g/mol. The van der Waals surface area contributed by atoms with E-state index in [-0.39, 0.29) is 35.5 Å². The molecule has 1 aliphatic heterocycles. The van der Waals surface area contributed by atoms with Crippen LogP contribution in [0.2, 0.25) is 0 Å². The Balaban J connectivity index is 0.00000364. The topological polar surface area (TPSA) is 55.3 Å². The maximum atomic E-state index is 5.64. The van der Waals surface area contributed by atoms with E-state index in [4.69, 9.17) is 14.2 Å². The molecule has 0 fully saturated rings. The first-order valence-corrected chi connectivity index (χ1v) is 9.06. The van der Waals surface area contributed by atoms with Gasteiger partial charge in [-0.2, -0.15) is 0 Å². The van der Waals surface area contributed by atoms with Gasteiger partial charge < -0.3 is 24.4 Å². The Bertz CT molecular complexity index is 644. The van der Waals surface area contributed by atoms with Gasteiger partial charge in [0.05, 0.1) is 20.3 Å². The van der Waals surface area contributed by atoms with Crippen molar-refractivity contribution < 1.29 is 14.2 Å². The lowest BCUT2D eigenvalue weighted by atomic mass is 9.89. The van der Waals surface area contributed by atoms with Crippen LogP contribution < -0.4 is 14.8 Å². The molecule has 7 heteroatoms. The van der Waals surface area contributed by atoms with Crippen LogP contribution in [0.4, 0.5) is 0 Å². The van der Waals surface area contributed by atoms with Gasteiger partial charge in [0, 0.05) is 33.8 Å². The summed E-state index contributed by atoms with van der Waals surface area (Å²) in [6.07, 6.45) is 1.06. The van der Waals surface area contributed by atoms with Crippen LogP contribution in [0.1, 0.15) is 31.9 Å². The van der Waals surface area contributed by atoms with E-state index >= 15 is 0 Å². The van der Waals surface area contributed by atoms with E-state index in [1.54, 1.807) is 21.3 Å². The summed E-state index contributed by atoms with van der Waals surface area (Å²) in [7, 11) is 6.93. The van der Waals surface area contributed by atoms with Crippen molar-refractivity contribution in [3.05, 3.63) is 23.3 Å². The molecule has 0 aromatic heterocycles. The summed E-state index contributed by atoms with van der Waals surface area (Å²) in [6, 6.07) is 4.16. The molecule has 1 aromatic carbocycles. The third kappa shape index (κ3) is 5.88. The largest absolute Gasteiger partial charge is 0.493 e. The highest BCUT2D eigenvalue weighted by atomic mass is 127. The van der Waals surface area contributed by atoms with Crippen molar-refractivity contribution in [2.24, 2.45) is 10.4 Å². The Morgan fingerprint density at radius 1 is 1.15 bits per heavy atom. The number of benzene rings is 1. The summed E-state index contributed by atoms with van der Waals surface area (Å²) in [5.74, 6) is 2.45. The number of hydrogen-bond donors (Lipinski definition) is 1. The van der Waals surface area contributed by atoms with Gasteiger partial charge >= 0.3 is 0 Å². The number of halogens is 1. The highest BCUT2D eigenvalue weighted by Gasteiger charge is 2.26. The molecule has 6 nitrogen and oxygen atoms in total. The molecule has 0 aliphatic carbocycles. The number of guanidine groups is 1. The normalized spacial score (nSPS) is 15.5. The van der Waals surface area contributed by atoms with Gasteiger partial charge in [0.25, 0.3) is 0 Å². The van der Waals surface area contributed by atoms with E-state index < -0.39 is 0 Å². The SMILES string of the molecule is CN=C(NCC(OC)C(C)(C)C)N1CCc2cc(OC)c(OC)cc2C1.I. The molecule has 0 radical (unpaired) electrons. The van der Waals surface area contributed by atoms with Crippen molar-refractivity contribution >= 4 is 29.9 Å². The van der Waals surface area contributed by atoms with Crippen LogP contribution in [0.25, 0.3) is 0 Å². The molecule has 1 unspecified atom stereocenters. The number of ether oxygens (including phenoxy) is 3. The lowest BCUT2D eigenvalue weighted by Gasteiger charge is -2.34. The minimum atomic E-state index is 0. The van der Waals surface area contributed by atoms with Gasteiger partial charge in [0.1, 0.15) is 0 Å². The second-order valence-electron chi connectivity index (χ2n) is 7.67.